The number of aromatic nitrogens is 4. The van der Waals surface area contributed by atoms with Crippen LogP contribution in [-0.2, 0) is 81.6 Å². The number of primary amides is 1. The Morgan fingerprint density at radius 1 is 0.558 bits per heavy atom. The molecule has 0 unspecified atom stereocenters. The Balaban J connectivity index is 1.34. The monoisotopic (exact) mass is 1360 g/mol. The van der Waals surface area contributed by atoms with Crippen LogP contribution in [0.5, 0.6) is 0 Å². The van der Waals surface area contributed by atoms with E-state index in [1.54, 1.807) is 74.8 Å². The van der Waals surface area contributed by atoms with Gasteiger partial charge in [0.1, 0.15) is 54.4 Å². The highest BCUT2D eigenvalue weighted by Gasteiger charge is 2.37. The van der Waals surface area contributed by atoms with E-state index in [0.29, 0.717) is 32.9 Å². The fraction of sp³-hybridized carbons (Fsp3) is 0.441. The zero-order valence-corrected chi connectivity index (χ0v) is 53.8. The van der Waals surface area contributed by atoms with Gasteiger partial charge in [0.2, 0.25) is 65.0 Å². The van der Waals surface area contributed by atoms with Crippen molar-refractivity contribution in [1.29, 1.82) is 5.41 Å². The number of carboxylic acid groups (broad SMARTS) is 2. The van der Waals surface area contributed by atoms with Crippen molar-refractivity contribution >= 4 is 130 Å². The number of para-hydroxylation sites is 2. The standard InChI is InChI=1S/C59H81N19O15S2/c1-28(2)48(78-50(84)35(60)25-94)57(91)76-41(18-31-22-67-37-12-7-5-10-34(31)37)54(88)72-39(14-15-45(61)79)53(87)75-43(20-47(81)82)56(90)74-40(17-30-21-66-36-11-6-4-9-33(30)36)51(85)68-24-46(80)70-29(3)49(83)73-42(19-32-23-64-27-69-32)55(89)71-38(13-8-16-65-59(62)63)52(86)77-44(26-95)58(92)93/h4-7,9-12,21-23,27-29,35,38-44,48,66-67,94-95H,8,13-20,24-26,60H2,1-3H3,(H2,61,79)(H,64,69)(H,68,85)(H,70,80)(H,71,89)(H,72,88)(H,73,83)(H,74,90)(H,75,87)(H,76,91)(H,77,86)(H,78,84)(H,81,82)(H,92,93)(H4,62,63,65)/t29-,35-,38-,39-,40-,41-,42-,43-,44-,48-/m0/s1. The summed E-state index contributed by atoms with van der Waals surface area (Å²) in [5.41, 5.74) is 19.3. The number of carbonyl (C=O) groups excluding carboxylic acids is 11. The Hall–Kier alpha value is -10.2. The van der Waals surface area contributed by atoms with Crippen LogP contribution < -0.4 is 75.7 Å². The number of hydrogen-bond donors (Lipinski definition) is 22. The molecular formula is C59H81N19O15S2. The molecule has 36 heteroatoms. The molecule has 0 saturated carbocycles. The van der Waals surface area contributed by atoms with Crippen LogP contribution in [0.3, 0.4) is 0 Å². The average molecular weight is 1360 g/mol. The lowest BCUT2D eigenvalue weighted by Crippen LogP contribution is -2.61. The zero-order valence-electron chi connectivity index (χ0n) is 52.0. The van der Waals surface area contributed by atoms with Crippen molar-refractivity contribution < 1.29 is 72.5 Å². The summed E-state index contributed by atoms with van der Waals surface area (Å²) in [6.07, 6.45) is 3.00. The van der Waals surface area contributed by atoms with Gasteiger partial charge >= 0.3 is 11.9 Å². The summed E-state index contributed by atoms with van der Waals surface area (Å²) in [5, 5.41) is 55.5. The average Bonchev–Trinajstić information content (AvgIpc) is 1.75. The van der Waals surface area contributed by atoms with Crippen molar-refractivity contribution in [3.63, 3.8) is 0 Å². The summed E-state index contributed by atoms with van der Waals surface area (Å²) in [6.45, 7) is 3.77. The number of amides is 11. The maximum absolute atomic E-state index is 14.5. The third-order valence-electron chi connectivity index (χ3n) is 14.8. The van der Waals surface area contributed by atoms with Gasteiger partial charge in [0.05, 0.1) is 31.0 Å². The van der Waals surface area contributed by atoms with E-state index in [-0.39, 0.29) is 61.8 Å². The van der Waals surface area contributed by atoms with Crippen LogP contribution in [0.1, 0.15) is 69.7 Å². The highest BCUT2D eigenvalue weighted by molar-refractivity contribution is 7.80. The Morgan fingerprint density at radius 3 is 1.57 bits per heavy atom. The molecule has 0 aliphatic carbocycles. The third kappa shape index (κ3) is 23.7. The Morgan fingerprint density at radius 2 is 1.05 bits per heavy atom. The highest BCUT2D eigenvalue weighted by atomic mass is 32.1. The lowest BCUT2D eigenvalue weighted by Gasteiger charge is -2.28. The first-order valence-electron chi connectivity index (χ1n) is 29.9. The van der Waals surface area contributed by atoms with E-state index in [1.165, 1.54) is 19.4 Å². The summed E-state index contributed by atoms with van der Waals surface area (Å²) in [5.74, 6) is -14.9. The fourth-order valence-corrected chi connectivity index (χ4v) is 10.1. The topological polar surface area (TPSA) is 557 Å². The molecule has 95 heavy (non-hydrogen) atoms. The van der Waals surface area contributed by atoms with Gasteiger partial charge in [0, 0.05) is 84.1 Å². The number of aromatic amines is 3. The number of carboxylic acids is 2. The molecule has 5 rings (SSSR count). The predicted molar refractivity (Wildman–Crippen MR) is 350 cm³/mol. The Bertz CT molecular complexity index is 3560. The Kier molecular flexibility index (Phi) is 29.3. The van der Waals surface area contributed by atoms with Gasteiger partial charge in [-0.1, -0.05) is 50.2 Å². The number of rotatable bonds is 39. The molecule has 0 bridgehead atoms. The second kappa shape index (κ2) is 36.9. The predicted octanol–water partition coefficient (Wildman–Crippen LogP) is -4.17. The van der Waals surface area contributed by atoms with Crippen LogP contribution in [0.25, 0.3) is 21.8 Å². The number of H-pyrrole nitrogens is 3. The quantitative estimate of drug-likeness (QED) is 0.00768. The number of imidazole rings is 1. The normalized spacial score (nSPS) is 14.3. The van der Waals surface area contributed by atoms with Crippen LogP contribution in [0.15, 0.2) is 73.4 Å². The van der Waals surface area contributed by atoms with Gasteiger partial charge in [-0.2, -0.15) is 25.3 Å². The maximum atomic E-state index is 14.5. The first-order chi connectivity index (χ1) is 45.1. The molecule has 0 spiro atoms. The number of aliphatic carboxylic acids is 2. The van der Waals surface area contributed by atoms with E-state index in [9.17, 15) is 72.5 Å². The molecular weight excluding hydrogens is 1280 g/mol. The first kappa shape index (κ1) is 75.5. The summed E-state index contributed by atoms with van der Waals surface area (Å²) in [4.78, 5) is 188. The summed E-state index contributed by atoms with van der Waals surface area (Å²) >= 11 is 8.04. The van der Waals surface area contributed by atoms with Crippen LogP contribution >= 0.6 is 25.3 Å². The number of hydrogen-bond acceptors (Lipinski definition) is 18. The number of fused-ring (bicyclic) bond motifs is 2. The molecule has 11 amide bonds. The zero-order chi connectivity index (χ0) is 70.1. The summed E-state index contributed by atoms with van der Waals surface area (Å²) in [6, 6.07) is -1.01. The molecule has 0 saturated heterocycles. The fourth-order valence-electron chi connectivity index (χ4n) is 9.65. The number of benzene rings is 2. The van der Waals surface area contributed by atoms with Crippen LogP contribution in [0.2, 0.25) is 0 Å². The van der Waals surface area contributed by atoms with Crippen LogP contribution in [-0.4, -0.2) is 198 Å². The summed E-state index contributed by atoms with van der Waals surface area (Å²) < 4.78 is 0. The lowest BCUT2D eigenvalue weighted by molar-refractivity contribution is -0.142. The molecule has 3 heterocycles. The van der Waals surface area contributed by atoms with Crippen LogP contribution in [0.4, 0.5) is 0 Å². The van der Waals surface area contributed by atoms with E-state index < -0.39 is 169 Å². The van der Waals surface area contributed by atoms with Crippen molar-refractivity contribution in [1.82, 2.24) is 78.4 Å². The van der Waals surface area contributed by atoms with E-state index in [0.717, 1.165) is 0 Å². The van der Waals surface area contributed by atoms with Gasteiger partial charge in [0.25, 0.3) is 0 Å². The van der Waals surface area contributed by atoms with Gasteiger partial charge in [-0.3, -0.25) is 62.9 Å². The van der Waals surface area contributed by atoms with E-state index in [1.807, 2.05) is 0 Å². The minimum absolute atomic E-state index is 0.0520. The third-order valence-corrected chi connectivity index (χ3v) is 15.5. The van der Waals surface area contributed by atoms with E-state index >= 15 is 0 Å². The van der Waals surface area contributed by atoms with Crippen molar-refractivity contribution in [2.24, 2.45) is 23.1 Å². The molecule has 34 nitrogen and oxygen atoms in total. The molecule has 0 aliphatic heterocycles. The number of nitrogens with zero attached hydrogens (tertiary/aromatic N) is 1. The van der Waals surface area contributed by atoms with Gasteiger partial charge in [0.15, 0.2) is 5.96 Å². The molecule has 0 aliphatic rings. The minimum Gasteiger partial charge on any atom is -0.481 e. The number of guanidine groups is 1. The molecule has 2 aromatic carbocycles. The maximum Gasteiger partial charge on any atom is 0.327 e. The molecule has 23 N–H and O–H groups in total. The number of thiol groups is 2. The molecule has 3 aromatic heterocycles. The van der Waals surface area contributed by atoms with E-state index in [2.05, 4.69) is 104 Å². The van der Waals surface area contributed by atoms with Gasteiger partial charge in [-0.15, -0.1) is 0 Å². The molecule has 10 atom stereocenters. The van der Waals surface area contributed by atoms with Crippen molar-refractivity contribution in [2.75, 3.05) is 24.6 Å². The Labute approximate surface area is 554 Å². The summed E-state index contributed by atoms with van der Waals surface area (Å²) in [7, 11) is 0. The lowest BCUT2D eigenvalue weighted by atomic mass is 9.99. The molecule has 5 aromatic rings. The molecule has 0 radical (unpaired) electrons. The van der Waals surface area contributed by atoms with Crippen LogP contribution in [0, 0.1) is 11.3 Å². The minimum atomic E-state index is -2.01. The largest absolute Gasteiger partial charge is 0.481 e. The van der Waals surface area contributed by atoms with Gasteiger partial charge in [-0.25, -0.2) is 9.78 Å². The molecule has 514 valence electrons. The second-order valence-corrected chi connectivity index (χ2v) is 23.2. The smallest absolute Gasteiger partial charge is 0.327 e. The number of carbonyl (C=O) groups is 13. The number of nitrogens with one attached hydrogen (secondary N) is 15. The first-order valence-corrected chi connectivity index (χ1v) is 31.2. The second-order valence-electron chi connectivity index (χ2n) is 22.5. The van der Waals surface area contributed by atoms with Crippen molar-refractivity contribution in [2.45, 2.75) is 133 Å². The van der Waals surface area contributed by atoms with E-state index in [4.69, 9.17) is 22.6 Å². The SMILES string of the molecule is CC(C)[C@H](NC(=O)[C@@H](N)CS)C(=O)N[C@@H](Cc1c[nH]c2ccccc12)C(=O)N[C@@H](CCC(N)=O)C(=O)N[C@@H](CC(=O)O)C(=O)N[C@@H](Cc1c[nH]c2ccccc12)C(=O)NCC(=O)N[C@@H](C)C(=O)N[C@@H](Cc1c[nH]cn1)C(=O)N[C@@H](CCCNC(=N)N)C(=O)N[C@@H](CS)C(=O)O. The molecule has 0 fully saturated rings. The van der Waals surface area contributed by atoms with Gasteiger partial charge in [-0.05, 0) is 55.4 Å². The highest BCUT2D eigenvalue weighted by Crippen LogP contribution is 2.22. The number of nitrogens with two attached hydrogens (primary N) is 3. The van der Waals surface area contributed by atoms with Crippen molar-refractivity contribution in [3.8, 4) is 0 Å². The van der Waals surface area contributed by atoms with Crippen molar-refractivity contribution in [3.05, 3.63) is 90.3 Å². The van der Waals surface area contributed by atoms with Gasteiger partial charge < -0.3 is 101 Å².